The maximum Gasteiger partial charge on any atom is 0.226 e. The van der Waals surface area contributed by atoms with E-state index in [4.69, 9.17) is 0 Å². The Kier molecular flexibility index (Phi) is 7.90. The number of rotatable bonds is 7. The van der Waals surface area contributed by atoms with Crippen LogP contribution >= 0.6 is 0 Å². The Balaban J connectivity index is 2.34. The van der Waals surface area contributed by atoms with Crippen LogP contribution in [0.1, 0.15) is 65.4 Å². The van der Waals surface area contributed by atoms with Crippen molar-refractivity contribution in [3.05, 3.63) is 23.8 Å². The molecule has 0 unspecified atom stereocenters. The zero-order valence-corrected chi connectivity index (χ0v) is 18.4. The molecule has 0 aliphatic heterocycles. The van der Waals surface area contributed by atoms with Crippen molar-refractivity contribution in [2.45, 2.75) is 72.4 Å². The Morgan fingerprint density at radius 3 is 2.21 bits per heavy atom. The molecule has 5 heteroatoms. The lowest BCUT2D eigenvalue weighted by atomic mass is 9.92. The van der Waals surface area contributed by atoms with E-state index in [0.29, 0.717) is 12.6 Å². The van der Waals surface area contributed by atoms with E-state index in [1.165, 1.54) is 19.3 Å². The zero-order valence-electron chi connectivity index (χ0n) is 18.4. The third-order valence-corrected chi connectivity index (χ3v) is 5.49. The minimum absolute atomic E-state index is 0.00551. The molecule has 0 saturated heterocycles. The van der Waals surface area contributed by atoms with Crippen LogP contribution in [0.5, 0.6) is 0 Å². The average molecular weight is 388 g/mol. The van der Waals surface area contributed by atoms with Gasteiger partial charge in [-0.25, -0.2) is 0 Å². The van der Waals surface area contributed by atoms with Crippen LogP contribution in [0.2, 0.25) is 0 Å². The van der Waals surface area contributed by atoms with Gasteiger partial charge >= 0.3 is 0 Å². The van der Waals surface area contributed by atoms with Gasteiger partial charge in [0.2, 0.25) is 11.8 Å². The lowest BCUT2D eigenvalue weighted by Gasteiger charge is -2.36. The molecule has 1 N–H and O–H groups in total. The Morgan fingerprint density at radius 2 is 1.68 bits per heavy atom. The molecule has 1 aromatic rings. The first-order valence-electron chi connectivity index (χ1n) is 10.6. The Labute approximate surface area is 170 Å². The minimum atomic E-state index is -0.0711. The monoisotopic (exact) mass is 387 g/mol. The van der Waals surface area contributed by atoms with Crippen LogP contribution in [-0.2, 0) is 16.1 Å². The lowest BCUT2D eigenvalue weighted by molar-refractivity contribution is -0.138. The number of nitrogens with zero attached hydrogens (tertiary/aromatic N) is 2. The molecule has 5 nitrogen and oxygen atoms in total. The van der Waals surface area contributed by atoms with E-state index in [2.05, 4.69) is 15.1 Å². The number of hydrogen-bond donors (Lipinski definition) is 1. The van der Waals surface area contributed by atoms with E-state index >= 15 is 0 Å². The van der Waals surface area contributed by atoms with Gasteiger partial charge in [0.1, 0.15) is 0 Å². The maximum atomic E-state index is 13.0. The number of carbonyl (C=O) groups is 2. The second-order valence-electron chi connectivity index (χ2n) is 8.79. The summed E-state index contributed by atoms with van der Waals surface area (Å²) in [6, 6.07) is 6.31. The van der Waals surface area contributed by atoms with Gasteiger partial charge in [-0.1, -0.05) is 47.0 Å². The van der Waals surface area contributed by atoms with Gasteiger partial charge in [0.05, 0.1) is 0 Å². The van der Waals surface area contributed by atoms with Crippen molar-refractivity contribution in [1.82, 2.24) is 4.90 Å². The molecule has 2 rings (SSSR count). The number of hydrogen-bond acceptors (Lipinski definition) is 3. The second kappa shape index (κ2) is 9.94. The van der Waals surface area contributed by atoms with Crippen LogP contribution in [0.3, 0.4) is 0 Å². The number of nitrogens with one attached hydrogen (secondary N) is 1. The summed E-state index contributed by atoms with van der Waals surface area (Å²) in [7, 11) is 4.03. The van der Waals surface area contributed by atoms with Gasteiger partial charge < -0.3 is 15.1 Å². The second-order valence-corrected chi connectivity index (χ2v) is 8.79. The van der Waals surface area contributed by atoms with Crippen molar-refractivity contribution in [2.75, 3.05) is 24.3 Å². The minimum Gasteiger partial charge on any atom is -0.377 e. The van der Waals surface area contributed by atoms with Crippen molar-refractivity contribution in [1.29, 1.82) is 0 Å². The Hall–Kier alpha value is -2.04. The number of amides is 2. The van der Waals surface area contributed by atoms with E-state index < -0.39 is 0 Å². The van der Waals surface area contributed by atoms with Crippen LogP contribution in [0.25, 0.3) is 0 Å². The van der Waals surface area contributed by atoms with Crippen LogP contribution in [0.15, 0.2) is 18.2 Å². The predicted octanol–water partition coefficient (Wildman–Crippen LogP) is 4.66. The first-order chi connectivity index (χ1) is 13.2. The number of benzene rings is 1. The fraction of sp³-hybridized carbons (Fsp3) is 0.652. The van der Waals surface area contributed by atoms with Gasteiger partial charge in [-0.05, 0) is 36.6 Å². The highest BCUT2D eigenvalue weighted by Gasteiger charge is 2.28. The standard InChI is InChI=1S/C23H37N3O2/c1-16(2)22(27)24-19-12-13-21(25(5)6)18(14-19)15-26(23(28)17(3)4)20-10-8-7-9-11-20/h12-14,16-17,20H,7-11,15H2,1-6H3,(H,24,27). The molecule has 0 aromatic heterocycles. The summed E-state index contributed by atoms with van der Waals surface area (Å²) in [6.45, 7) is 8.31. The molecule has 0 bridgehead atoms. The molecular formula is C23H37N3O2. The smallest absolute Gasteiger partial charge is 0.226 e. The van der Waals surface area contributed by atoms with Crippen molar-refractivity contribution in [2.24, 2.45) is 11.8 Å². The third-order valence-electron chi connectivity index (χ3n) is 5.49. The van der Waals surface area contributed by atoms with E-state index in [1.54, 1.807) is 0 Å². The summed E-state index contributed by atoms with van der Waals surface area (Å²) in [6.07, 6.45) is 5.81. The fourth-order valence-electron chi connectivity index (χ4n) is 3.81. The summed E-state index contributed by atoms with van der Waals surface area (Å²) >= 11 is 0. The molecule has 1 aliphatic carbocycles. The molecule has 0 heterocycles. The normalized spacial score (nSPS) is 15.0. The van der Waals surface area contributed by atoms with Crippen molar-refractivity contribution in [3.8, 4) is 0 Å². The number of anilines is 2. The van der Waals surface area contributed by atoms with Gasteiger partial charge in [-0.2, -0.15) is 0 Å². The van der Waals surface area contributed by atoms with Crippen molar-refractivity contribution in [3.63, 3.8) is 0 Å². The van der Waals surface area contributed by atoms with Gasteiger partial charge in [0, 0.05) is 49.9 Å². The summed E-state index contributed by atoms with van der Waals surface area (Å²) in [5.41, 5.74) is 2.95. The summed E-state index contributed by atoms with van der Waals surface area (Å²) < 4.78 is 0. The van der Waals surface area contributed by atoms with E-state index in [9.17, 15) is 9.59 Å². The first-order valence-corrected chi connectivity index (χ1v) is 10.6. The van der Waals surface area contributed by atoms with E-state index in [1.807, 2.05) is 60.0 Å². The highest BCUT2D eigenvalue weighted by molar-refractivity contribution is 5.92. The Bertz CT molecular complexity index is 676. The van der Waals surface area contributed by atoms with Gasteiger partial charge in [0.15, 0.2) is 0 Å². The van der Waals surface area contributed by atoms with Crippen LogP contribution < -0.4 is 10.2 Å². The first kappa shape index (κ1) is 22.3. The summed E-state index contributed by atoms with van der Waals surface area (Å²) in [5.74, 6) is 0.131. The number of carbonyl (C=O) groups excluding carboxylic acids is 2. The molecule has 156 valence electrons. The average Bonchev–Trinajstić information content (AvgIpc) is 2.66. The van der Waals surface area contributed by atoms with Gasteiger partial charge in [-0.15, -0.1) is 0 Å². The lowest BCUT2D eigenvalue weighted by Crippen LogP contribution is -2.43. The molecule has 1 aromatic carbocycles. The third kappa shape index (κ3) is 5.73. The maximum absolute atomic E-state index is 13.0. The molecular weight excluding hydrogens is 350 g/mol. The van der Waals surface area contributed by atoms with Crippen LogP contribution in [0.4, 0.5) is 11.4 Å². The highest BCUT2D eigenvalue weighted by atomic mass is 16.2. The molecule has 0 spiro atoms. The topological polar surface area (TPSA) is 52.7 Å². The van der Waals surface area contributed by atoms with Crippen LogP contribution in [-0.4, -0.2) is 36.9 Å². The van der Waals surface area contributed by atoms with Crippen molar-refractivity contribution >= 4 is 23.2 Å². The molecule has 2 amide bonds. The molecule has 1 aliphatic rings. The molecule has 0 atom stereocenters. The molecule has 1 saturated carbocycles. The summed E-state index contributed by atoms with van der Waals surface area (Å²) in [4.78, 5) is 29.3. The molecule has 0 radical (unpaired) electrons. The van der Waals surface area contributed by atoms with Gasteiger partial charge in [0.25, 0.3) is 0 Å². The zero-order chi connectivity index (χ0) is 20.8. The van der Waals surface area contributed by atoms with Crippen LogP contribution in [0, 0.1) is 11.8 Å². The fourth-order valence-corrected chi connectivity index (χ4v) is 3.81. The quantitative estimate of drug-likeness (QED) is 0.740. The molecule has 1 fully saturated rings. The van der Waals surface area contributed by atoms with Gasteiger partial charge in [-0.3, -0.25) is 9.59 Å². The summed E-state index contributed by atoms with van der Waals surface area (Å²) in [5, 5.41) is 2.99. The van der Waals surface area contributed by atoms with Crippen molar-refractivity contribution < 1.29 is 9.59 Å². The highest BCUT2D eigenvalue weighted by Crippen LogP contribution is 2.30. The molecule has 28 heavy (non-hydrogen) atoms. The Morgan fingerprint density at radius 1 is 1.04 bits per heavy atom. The van der Waals surface area contributed by atoms with E-state index in [-0.39, 0.29) is 23.7 Å². The SMILES string of the molecule is CC(C)C(=O)Nc1ccc(N(C)C)c(CN(C(=O)C(C)C)C2CCCCC2)c1. The largest absolute Gasteiger partial charge is 0.377 e. The van der Waals surface area contributed by atoms with E-state index in [0.717, 1.165) is 29.8 Å². The predicted molar refractivity (Wildman–Crippen MR) is 116 cm³/mol.